The van der Waals surface area contributed by atoms with Crippen molar-refractivity contribution in [3.05, 3.63) is 42.1 Å². The highest BCUT2D eigenvalue weighted by Crippen LogP contribution is 2.29. The molecular formula is C21H26N8O. The molecule has 4 heterocycles. The van der Waals surface area contributed by atoms with Gasteiger partial charge in [0.15, 0.2) is 5.82 Å². The zero-order chi connectivity index (χ0) is 20.3. The van der Waals surface area contributed by atoms with Crippen LogP contribution in [0.3, 0.4) is 0 Å². The van der Waals surface area contributed by atoms with E-state index in [2.05, 4.69) is 26.0 Å². The first-order valence-corrected chi connectivity index (χ1v) is 10.6. The van der Waals surface area contributed by atoms with Crippen molar-refractivity contribution < 1.29 is 4.74 Å². The zero-order valence-electron chi connectivity index (χ0n) is 16.9. The second-order valence-corrected chi connectivity index (χ2v) is 7.80. The van der Waals surface area contributed by atoms with E-state index in [9.17, 15) is 0 Å². The number of nitrogens with zero attached hydrogens (tertiary/aromatic N) is 7. The lowest BCUT2D eigenvalue weighted by Gasteiger charge is -2.31. The molecule has 0 spiro atoms. The molecule has 9 heteroatoms. The van der Waals surface area contributed by atoms with Gasteiger partial charge in [-0.3, -0.25) is 0 Å². The molecule has 3 aromatic rings. The van der Waals surface area contributed by atoms with E-state index in [0.717, 1.165) is 37.3 Å². The molecular weight excluding hydrogens is 380 g/mol. The van der Waals surface area contributed by atoms with Gasteiger partial charge in [-0.1, -0.05) is 18.9 Å². The third-order valence-corrected chi connectivity index (χ3v) is 5.82. The van der Waals surface area contributed by atoms with Crippen molar-refractivity contribution in [1.82, 2.24) is 24.3 Å². The Bertz CT molecular complexity index is 990. The Balaban J connectivity index is 1.50. The molecule has 1 N–H and O–H groups in total. The molecule has 1 aliphatic carbocycles. The molecule has 1 saturated heterocycles. The van der Waals surface area contributed by atoms with E-state index in [1.54, 1.807) is 0 Å². The lowest BCUT2D eigenvalue weighted by Crippen LogP contribution is -2.39. The quantitative estimate of drug-likeness (QED) is 0.628. The summed E-state index contributed by atoms with van der Waals surface area (Å²) in [4.78, 5) is 23.1. The lowest BCUT2D eigenvalue weighted by molar-refractivity contribution is 0.122. The predicted molar refractivity (Wildman–Crippen MR) is 114 cm³/mol. The van der Waals surface area contributed by atoms with E-state index in [0.29, 0.717) is 43.5 Å². The molecule has 0 unspecified atom stereocenters. The van der Waals surface area contributed by atoms with Gasteiger partial charge >= 0.3 is 0 Å². The normalized spacial score (nSPS) is 17.5. The first-order chi connectivity index (χ1) is 14.8. The van der Waals surface area contributed by atoms with E-state index in [1.165, 1.54) is 19.1 Å². The van der Waals surface area contributed by atoms with Crippen molar-refractivity contribution in [2.24, 2.45) is 0 Å². The first kappa shape index (κ1) is 18.9. The van der Waals surface area contributed by atoms with Crippen LogP contribution in [0, 0.1) is 5.41 Å². The fraction of sp³-hybridized carbons (Fsp3) is 0.476. The number of anilines is 2. The number of pyridine rings is 1. The summed E-state index contributed by atoms with van der Waals surface area (Å²) in [6.45, 7) is 3.45. The number of imidazole rings is 1. The van der Waals surface area contributed by atoms with Crippen LogP contribution < -0.4 is 9.80 Å². The topological polar surface area (TPSA) is 95.5 Å². The van der Waals surface area contributed by atoms with Gasteiger partial charge in [0.05, 0.1) is 31.7 Å². The third-order valence-electron chi connectivity index (χ3n) is 5.82. The number of nitrogens with one attached hydrogen (secondary N) is 1. The minimum Gasteiger partial charge on any atom is -0.378 e. The maximum absolute atomic E-state index is 7.74. The van der Waals surface area contributed by atoms with E-state index in [1.807, 2.05) is 28.8 Å². The van der Waals surface area contributed by atoms with Gasteiger partial charge < -0.3 is 24.3 Å². The fourth-order valence-corrected chi connectivity index (χ4v) is 4.28. The standard InChI is InChI=1S/C21H26N8O/c22-13-18-24-20(27-9-11-30-12-10-27)26-21(25-18)29(17-5-1-2-6-17)15-16-14-28-8-4-3-7-19(28)23-16/h3-4,7-8,13-14,17,22H,1-2,5-6,9-12,15H2. The fourth-order valence-electron chi connectivity index (χ4n) is 4.28. The van der Waals surface area contributed by atoms with Crippen molar-refractivity contribution in [2.75, 3.05) is 36.1 Å². The monoisotopic (exact) mass is 406 g/mol. The number of rotatable bonds is 6. The molecule has 2 aliphatic rings. The summed E-state index contributed by atoms with van der Waals surface area (Å²) in [7, 11) is 0. The summed E-state index contributed by atoms with van der Waals surface area (Å²) in [5.41, 5.74) is 1.92. The highest BCUT2D eigenvalue weighted by molar-refractivity contribution is 5.72. The van der Waals surface area contributed by atoms with Crippen LogP contribution in [0.15, 0.2) is 30.6 Å². The van der Waals surface area contributed by atoms with Gasteiger partial charge in [0.1, 0.15) is 5.65 Å². The minimum absolute atomic E-state index is 0.369. The van der Waals surface area contributed by atoms with Crippen LogP contribution in [-0.2, 0) is 11.3 Å². The smallest absolute Gasteiger partial charge is 0.231 e. The van der Waals surface area contributed by atoms with Crippen LogP contribution in [0.25, 0.3) is 5.65 Å². The summed E-state index contributed by atoms with van der Waals surface area (Å²) in [5.74, 6) is 1.65. The molecule has 0 amide bonds. The Morgan fingerprint density at radius 3 is 2.70 bits per heavy atom. The molecule has 9 nitrogen and oxygen atoms in total. The van der Waals surface area contributed by atoms with Crippen LogP contribution in [0.1, 0.15) is 37.2 Å². The van der Waals surface area contributed by atoms with Gasteiger partial charge in [0.25, 0.3) is 0 Å². The van der Waals surface area contributed by atoms with Crippen molar-refractivity contribution in [2.45, 2.75) is 38.3 Å². The summed E-state index contributed by atoms with van der Waals surface area (Å²) in [6.07, 6.45) is 9.94. The Morgan fingerprint density at radius 1 is 1.10 bits per heavy atom. The molecule has 1 saturated carbocycles. The highest BCUT2D eigenvalue weighted by atomic mass is 16.5. The maximum Gasteiger partial charge on any atom is 0.231 e. The number of ether oxygens (including phenoxy) is 1. The van der Waals surface area contributed by atoms with Crippen molar-refractivity contribution in [3.8, 4) is 0 Å². The van der Waals surface area contributed by atoms with Crippen molar-refractivity contribution >= 4 is 23.8 Å². The Morgan fingerprint density at radius 2 is 1.93 bits per heavy atom. The number of morpholine rings is 1. The molecule has 3 aromatic heterocycles. The van der Waals surface area contributed by atoms with E-state index >= 15 is 0 Å². The SMILES string of the molecule is N=Cc1nc(N2CCOCC2)nc(N(Cc2cn3ccccc3n2)C2CCCC2)n1. The zero-order valence-corrected chi connectivity index (χ0v) is 16.9. The van der Waals surface area contributed by atoms with Gasteiger partial charge in [-0.05, 0) is 25.0 Å². The van der Waals surface area contributed by atoms with Gasteiger partial charge in [0, 0.05) is 31.5 Å². The Hall–Kier alpha value is -3.07. The summed E-state index contributed by atoms with van der Waals surface area (Å²) in [6, 6.07) is 6.38. The molecule has 0 atom stereocenters. The van der Waals surface area contributed by atoms with Crippen LogP contribution in [0.4, 0.5) is 11.9 Å². The number of fused-ring (bicyclic) bond motifs is 1. The molecule has 30 heavy (non-hydrogen) atoms. The maximum atomic E-state index is 7.74. The molecule has 0 radical (unpaired) electrons. The minimum atomic E-state index is 0.369. The molecule has 156 valence electrons. The largest absolute Gasteiger partial charge is 0.378 e. The van der Waals surface area contributed by atoms with Gasteiger partial charge in [0.2, 0.25) is 11.9 Å². The highest BCUT2D eigenvalue weighted by Gasteiger charge is 2.27. The number of aromatic nitrogens is 5. The second kappa shape index (κ2) is 8.35. The van der Waals surface area contributed by atoms with E-state index < -0.39 is 0 Å². The second-order valence-electron chi connectivity index (χ2n) is 7.80. The molecule has 2 fully saturated rings. The summed E-state index contributed by atoms with van der Waals surface area (Å²) >= 11 is 0. The lowest BCUT2D eigenvalue weighted by atomic mass is 10.2. The van der Waals surface area contributed by atoms with Crippen LogP contribution >= 0.6 is 0 Å². The van der Waals surface area contributed by atoms with Gasteiger partial charge in [-0.2, -0.15) is 15.0 Å². The van der Waals surface area contributed by atoms with Crippen LogP contribution in [0.2, 0.25) is 0 Å². The summed E-state index contributed by atoms with van der Waals surface area (Å²) < 4.78 is 7.51. The number of hydrogen-bond donors (Lipinski definition) is 1. The number of hydrogen-bond acceptors (Lipinski definition) is 8. The summed E-state index contributed by atoms with van der Waals surface area (Å²) in [5, 5.41) is 7.74. The van der Waals surface area contributed by atoms with E-state index in [-0.39, 0.29) is 0 Å². The molecule has 0 bridgehead atoms. The Labute approximate surface area is 175 Å². The first-order valence-electron chi connectivity index (χ1n) is 10.6. The molecule has 1 aliphatic heterocycles. The van der Waals surface area contributed by atoms with Gasteiger partial charge in [-0.15, -0.1) is 0 Å². The average molecular weight is 406 g/mol. The average Bonchev–Trinajstić information content (AvgIpc) is 3.47. The molecule has 5 rings (SSSR count). The predicted octanol–water partition coefficient (Wildman–Crippen LogP) is 2.30. The van der Waals surface area contributed by atoms with Gasteiger partial charge in [-0.25, -0.2) is 4.98 Å². The van der Waals surface area contributed by atoms with Crippen molar-refractivity contribution in [1.29, 1.82) is 5.41 Å². The van der Waals surface area contributed by atoms with Crippen LogP contribution in [0.5, 0.6) is 0 Å². The Kier molecular flexibility index (Phi) is 5.27. The van der Waals surface area contributed by atoms with Crippen LogP contribution in [-0.4, -0.2) is 62.9 Å². The van der Waals surface area contributed by atoms with E-state index in [4.69, 9.17) is 20.1 Å². The third kappa shape index (κ3) is 3.85. The van der Waals surface area contributed by atoms with Crippen molar-refractivity contribution in [3.63, 3.8) is 0 Å². The molecule has 0 aromatic carbocycles.